The maximum absolute atomic E-state index is 11.9. The molecule has 2 aromatic heterocycles. The van der Waals surface area contributed by atoms with Crippen molar-refractivity contribution in [1.29, 1.82) is 0 Å². The van der Waals surface area contributed by atoms with Crippen molar-refractivity contribution in [3.05, 3.63) is 16.0 Å². The van der Waals surface area contributed by atoms with Crippen LogP contribution in [-0.4, -0.2) is 60.0 Å². The van der Waals surface area contributed by atoms with Crippen LogP contribution < -0.4 is 11.3 Å². The number of aromatic amines is 1. The van der Waals surface area contributed by atoms with E-state index in [1.54, 1.807) is 7.05 Å². The molecule has 3 heterocycles. The summed E-state index contributed by atoms with van der Waals surface area (Å²) in [5.41, 5.74) is 5.61. The number of aryl methyl sites for hydroxylation is 1. The van der Waals surface area contributed by atoms with Crippen molar-refractivity contribution in [2.24, 2.45) is 7.05 Å². The van der Waals surface area contributed by atoms with E-state index in [0.717, 1.165) is 0 Å². The Bertz CT molecular complexity index is 740. The third-order valence-corrected chi connectivity index (χ3v) is 3.55. The fraction of sp³-hybridized carbons (Fsp3) is 0.545. The molecule has 1 aliphatic rings. The van der Waals surface area contributed by atoms with Crippen LogP contribution in [0.5, 0.6) is 0 Å². The summed E-state index contributed by atoms with van der Waals surface area (Å²) in [7, 11) is 1.54. The Morgan fingerprint density at radius 3 is 2.76 bits per heavy atom. The first kappa shape index (κ1) is 13.9. The van der Waals surface area contributed by atoms with Crippen LogP contribution in [0.25, 0.3) is 11.0 Å². The summed E-state index contributed by atoms with van der Waals surface area (Å²) in [6, 6.07) is 0. The number of nitrogens with one attached hydrogen (secondary N) is 1. The highest BCUT2D eigenvalue weighted by Gasteiger charge is 2.45. The number of aromatic nitrogens is 4. The third-order valence-electron chi connectivity index (χ3n) is 3.55. The molecule has 3 rings (SSSR count). The number of nitrogens with two attached hydrogens (primary N) is 1. The van der Waals surface area contributed by atoms with Crippen LogP contribution in [-0.2, 0) is 11.8 Å². The third kappa shape index (κ3) is 2.00. The van der Waals surface area contributed by atoms with E-state index in [1.165, 1.54) is 4.68 Å². The zero-order chi connectivity index (χ0) is 15.3. The largest absolute Gasteiger partial charge is 0.394 e. The second-order valence-electron chi connectivity index (χ2n) is 4.92. The molecule has 1 saturated heterocycles. The van der Waals surface area contributed by atoms with Gasteiger partial charge in [-0.25, -0.2) is 4.98 Å². The fourth-order valence-electron chi connectivity index (χ4n) is 2.54. The molecule has 0 amide bonds. The molecule has 1 unspecified atom stereocenters. The number of H-pyrrole nitrogens is 1. The molecular formula is C11H15N5O5. The summed E-state index contributed by atoms with van der Waals surface area (Å²) in [5.74, 6) is -0.0894. The lowest BCUT2D eigenvalue weighted by molar-refractivity contribution is -0.0237. The average Bonchev–Trinajstić information content (AvgIpc) is 2.89. The Labute approximate surface area is 117 Å². The number of nitrogens with zero attached hydrogens (tertiary/aromatic N) is 3. The van der Waals surface area contributed by atoms with Gasteiger partial charge in [-0.05, 0) is 0 Å². The van der Waals surface area contributed by atoms with Gasteiger partial charge < -0.3 is 25.8 Å². The van der Waals surface area contributed by atoms with Gasteiger partial charge in [0.1, 0.15) is 35.6 Å². The van der Waals surface area contributed by atoms with Crippen LogP contribution in [0.4, 0.5) is 5.95 Å². The predicted octanol–water partition coefficient (Wildman–Crippen LogP) is -2.61. The van der Waals surface area contributed by atoms with Gasteiger partial charge >= 0.3 is 0 Å². The van der Waals surface area contributed by atoms with E-state index in [-0.39, 0.29) is 22.7 Å². The SMILES string of the molecule is Cn1nc(C2O[C@H](CO)[C@@H](O)[C@H]2O)c2nc(N)[nH]c(=O)c21. The number of aliphatic hydroxyl groups excluding tert-OH is 3. The van der Waals surface area contributed by atoms with Gasteiger partial charge in [0.2, 0.25) is 5.95 Å². The molecule has 4 atom stereocenters. The van der Waals surface area contributed by atoms with Gasteiger partial charge in [-0.2, -0.15) is 5.10 Å². The van der Waals surface area contributed by atoms with E-state index in [2.05, 4.69) is 15.1 Å². The van der Waals surface area contributed by atoms with E-state index in [9.17, 15) is 15.0 Å². The molecule has 1 aliphatic heterocycles. The molecule has 0 spiro atoms. The van der Waals surface area contributed by atoms with Crippen molar-refractivity contribution in [3.8, 4) is 0 Å². The highest BCUT2D eigenvalue weighted by Crippen LogP contribution is 2.35. The van der Waals surface area contributed by atoms with Crippen molar-refractivity contribution < 1.29 is 20.1 Å². The number of rotatable bonds is 2. The average molecular weight is 297 g/mol. The predicted molar refractivity (Wildman–Crippen MR) is 70.3 cm³/mol. The molecule has 10 nitrogen and oxygen atoms in total. The van der Waals surface area contributed by atoms with Gasteiger partial charge in [0.05, 0.1) is 6.61 Å². The second kappa shape index (κ2) is 4.77. The zero-order valence-electron chi connectivity index (χ0n) is 11.1. The number of hydrogen-bond donors (Lipinski definition) is 5. The van der Waals surface area contributed by atoms with Crippen LogP contribution in [0.2, 0.25) is 0 Å². The summed E-state index contributed by atoms with van der Waals surface area (Å²) in [4.78, 5) is 18.3. The first-order valence-electron chi connectivity index (χ1n) is 6.29. The molecule has 0 bridgehead atoms. The van der Waals surface area contributed by atoms with Crippen molar-refractivity contribution in [3.63, 3.8) is 0 Å². The molecule has 21 heavy (non-hydrogen) atoms. The first-order valence-corrected chi connectivity index (χ1v) is 6.29. The van der Waals surface area contributed by atoms with Crippen molar-refractivity contribution >= 4 is 17.0 Å². The van der Waals surface area contributed by atoms with Crippen LogP contribution in [0, 0.1) is 0 Å². The van der Waals surface area contributed by atoms with Crippen LogP contribution in [0.15, 0.2) is 4.79 Å². The molecule has 0 radical (unpaired) electrons. The van der Waals surface area contributed by atoms with E-state index in [1.807, 2.05) is 0 Å². The fourth-order valence-corrected chi connectivity index (χ4v) is 2.54. The number of ether oxygens (including phenoxy) is 1. The quantitative estimate of drug-likeness (QED) is 0.403. The number of aliphatic hydroxyl groups is 3. The molecule has 6 N–H and O–H groups in total. The minimum Gasteiger partial charge on any atom is -0.394 e. The molecular weight excluding hydrogens is 282 g/mol. The van der Waals surface area contributed by atoms with Gasteiger partial charge in [-0.15, -0.1) is 0 Å². The number of anilines is 1. The van der Waals surface area contributed by atoms with Gasteiger partial charge in [-0.3, -0.25) is 14.5 Å². The summed E-state index contributed by atoms with van der Waals surface area (Å²) in [6.45, 7) is -0.449. The molecule has 0 aromatic carbocycles. The Kier molecular flexibility index (Phi) is 3.17. The number of hydrogen-bond acceptors (Lipinski definition) is 8. The maximum atomic E-state index is 11.9. The lowest BCUT2D eigenvalue weighted by Gasteiger charge is -2.12. The standard InChI is InChI=1S/C11H15N5O5/c1-16-6-4(13-11(12)14-10(6)20)5(15-16)9-8(19)7(18)3(2-17)21-9/h3,7-9,17-19H,2H2,1H3,(H3,12,13,14,20)/t3-,7-,8-,9?/m1/s1. The highest BCUT2D eigenvalue weighted by molar-refractivity contribution is 5.78. The van der Waals surface area contributed by atoms with Gasteiger partial charge in [0, 0.05) is 7.05 Å². The lowest BCUT2D eigenvalue weighted by atomic mass is 10.1. The Balaban J connectivity index is 2.16. The van der Waals surface area contributed by atoms with E-state index in [0.29, 0.717) is 0 Å². The molecule has 114 valence electrons. The van der Waals surface area contributed by atoms with Crippen LogP contribution in [0.1, 0.15) is 11.8 Å². The zero-order valence-corrected chi connectivity index (χ0v) is 11.1. The Morgan fingerprint density at radius 1 is 1.43 bits per heavy atom. The summed E-state index contributed by atoms with van der Waals surface area (Å²) in [6.07, 6.45) is -4.48. The lowest BCUT2D eigenvalue weighted by Crippen LogP contribution is -2.32. The first-order chi connectivity index (χ1) is 9.93. The maximum Gasteiger partial charge on any atom is 0.278 e. The van der Waals surface area contributed by atoms with Crippen molar-refractivity contribution in [1.82, 2.24) is 19.7 Å². The Morgan fingerprint density at radius 2 is 2.14 bits per heavy atom. The number of nitrogen functional groups attached to an aromatic ring is 1. The summed E-state index contributed by atoms with van der Waals surface area (Å²) < 4.78 is 6.70. The van der Waals surface area contributed by atoms with Crippen molar-refractivity contribution in [2.45, 2.75) is 24.4 Å². The van der Waals surface area contributed by atoms with Crippen molar-refractivity contribution in [2.75, 3.05) is 12.3 Å². The molecule has 10 heteroatoms. The van der Waals surface area contributed by atoms with E-state index < -0.39 is 36.6 Å². The molecule has 0 aliphatic carbocycles. The topological polar surface area (TPSA) is 160 Å². The smallest absolute Gasteiger partial charge is 0.278 e. The molecule has 2 aromatic rings. The highest BCUT2D eigenvalue weighted by atomic mass is 16.6. The van der Waals surface area contributed by atoms with Crippen LogP contribution in [0.3, 0.4) is 0 Å². The Hall–Kier alpha value is -2.01. The minimum atomic E-state index is -1.29. The van der Waals surface area contributed by atoms with Gasteiger partial charge in [-0.1, -0.05) is 0 Å². The monoisotopic (exact) mass is 297 g/mol. The van der Waals surface area contributed by atoms with Crippen LogP contribution >= 0.6 is 0 Å². The van der Waals surface area contributed by atoms with E-state index in [4.69, 9.17) is 15.6 Å². The van der Waals surface area contributed by atoms with E-state index >= 15 is 0 Å². The normalized spacial score (nSPS) is 29.3. The number of fused-ring (bicyclic) bond motifs is 1. The summed E-state index contributed by atoms with van der Waals surface area (Å²) >= 11 is 0. The van der Waals surface area contributed by atoms with Gasteiger partial charge in [0.15, 0.2) is 5.52 Å². The molecule has 0 saturated carbocycles. The molecule has 1 fully saturated rings. The minimum absolute atomic E-state index is 0.0894. The van der Waals surface area contributed by atoms with Gasteiger partial charge in [0.25, 0.3) is 5.56 Å². The second-order valence-corrected chi connectivity index (χ2v) is 4.92. The summed E-state index contributed by atoms with van der Waals surface area (Å²) in [5, 5.41) is 33.1.